The van der Waals surface area contributed by atoms with E-state index in [4.69, 9.17) is 4.74 Å². The molecule has 0 heterocycles. The smallest absolute Gasteiger partial charge is 0.330 e. The van der Waals surface area contributed by atoms with E-state index in [0.717, 1.165) is 11.1 Å². The van der Waals surface area contributed by atoms with Gasteiger partial charge in [0.25, 0.3) is 0 Å². The quantitative estimate of drug-likeness (QED) is 0.503. The van der Waals surface area contributed by atoms with Crippen LogP contribution in [-0.4, -0.2) is 35.6 Å². The molecule has 1 atom stereocenters. The molecule has 0 radical (unpaired) electrons. The Morgan fingerprint density at radius 3 is 2.00 bits per heavy atom. The standard InChI is InChI=1S/C23H25NO5/c1-3-29-20(25)16-10-15-19(21(26)27)24-22(28)23(2,17-11-6-4-7-12-17)18-13-8-5-9-14-18/h4-14,16,19H,3,15H2,1-2H3,(H,24,28)(H,26,27)/b16-10+/t19-/m0/s1. The van der Waals surface area contributed by atoms with Gasteiger partial charge in [0.15, 0.2) is 0 Å². The van der Waals surface area contributed by atoms with Crippen molar-refractivity contribution in [2.45, 2.75) is 31.7 Å². The first-order valence-corrected chi connectivity index (χ1v) is 9.37. The van der Waals surface area contributed by atoms with E-state index < -0.39 is 29.3 Å². The zero-order valence-electron chi connectivity index (χ0n) is 16.5. The van der Waals surface area contributed by atoms with Gasteiger partial charge in [0.2, 0.25) is 5.91 Å². The number of hydrogen-bond acceptors (Lipinski definition) is 4. The molecule has 2 rings (SSSR count). The largest absolute Gasteiger partial charge is 0.480 e. The topological polar surface area (TPSA) is 92.7 Å². The van der Waals surface area contributed by atoms with Crippen molar-refractivity contribution in [2.75, 3.05) is 6.61 Å². The van der Waals surface area contributed by atoms with E-state index in [2.05, 4.69) is 5.32 Å². The second-order valence-electron chi connectivity index (χ2n) is 6.61. The van der Waals surface area contributed by atoms with Crippen molar-refractivity contribution in [1.29, 1.82) is 0 Å². The first kappa shape index (κ1) is 21.9. The third-order valence-electron chi connectivity index (χ3n) is 4.67. The molecule has 0 spiro atoms. The molecule has 6 heteroatoms. The van der Waals surface area contributed by atoms with Crippen LogP contribution in [0.3, 0.4) is 0 Å². The summed E-state index contributed by atoms with van der Waals surface area (Å²) in [4.78, 5) is 36.4. The minimum Gasteiger partial charge on any atom is -0.480 e. The minimum absolute atomic E-state index is 0.0421. The summed E-state index contributed by atoms with van der Waals surface area (Å²) in [7, 11) is 0. The Morgan fingerprint density at radius 2 is 1.55 bits per heavy atom. The Morgan fingerprint density at radius 1 is 1.03 bits per heavy atom. The maximum atomic E-state index is 13.3. The van der Waals surface area contributed by atoms with Gasteiger partial charge in [-0.3, -0.25) is 4.79 Å². The average molecular weight is 395 g/mol. The molecule has 2 aromatic rings. The van der Waals surface area contributed by atoms with Gasteiger partial charge in [-0.15, -0.1) is 0 Å². The van der Waals surface area contributed by atoms with Crippen LogP contribution < -0.4 is 5.32 Å². The molecule has 1 amide bonds. The molecular formula is C23H25NO5. The van der Waals surface area contributed by atoms with Crippen LogP contribution in [-0.2, 0) is 24.5 Å². The fraction of sp³-hybridized carbons (Fsp3) is 0.261. The van der Waals surface area contributed by atoms with E-state index in [1.807, 2.05) is 60.7 Å². The number of esters is 1. The molecule has 6 nitrogen and oxygen atoms in total. The van der Waals surface area contributed by atoms with Crippen molar-refractivity contribution in [2.24, 2.45) is 0 Å². The maximum absolute atomic E-state index is 13.3. The number of benzene rings is 2. The van der Waals surface area contributed by atoms with Crippen molar-refractivity contribution in [3.05, 3.63) is 83.9 Å². The molecule has 0 aliphatic carbocycles. The minimum atomic E-state index is -1.18. The second kappa shape index (κ2) is 10.2. The Balaban J connectivity index is 2.28. The predicted octanol–water partition coefficient (Wildman–Crippen LogP) is 3.07. The van der Waals surface area contributed by atoms with Gasteiger partial charge in [0.1, 0.15) is 6.04 Å². The molecule has 2 N–H and O–H groups in total. The van der Waals surface area contributed by atoms with E-state index in [1.54, 1.807) is 13.8 Å². The highest BCUT2D eigenvalue weighted by atomic mass is 16.5. The van der Waals surface area contributed by atoms with Crippen molar-refractivity contribution in [3.63, 3.8) is 0 Å². The van der Waals surface area contributed by atoms with Gasteiger partial charge >= 0.3 is 11.9 Å². The SMILES string of the molecule is CCOC(=O)/C=C/C[C@H](NC(=O)C(C)(c1ccccc1)c1ccccc1)C(=O)O. The van der Waals surface area contributed by atoms with E-state index in [1.165, 1.54) is 12.2 Å². The molecule has 2 aromatic carbocycles. The Kier molecular flexibility index (Phi) is 7.71. The molecular weight excluding hydrogens is 370 g/mol. The highest BCUT2D eigenvalue weighted by Crippen LogP contribution is 2.32. The normalized spacial score (nSPS) is 12.3. The number of aliphatic carboxylic acids is 1. The second-order valence-corrected chi connectivity index (χ2v) is 6.61. The van der Waals surface area contributed by atoms with Crippen molar-refractivity contribution >= 4 is 17.8 Å². The van der Waals surface area contributed by atoms with Gasteiger partial charge in [-0.2, -0.15) is 0 Å². The highest BCUT2D eigenvalue weighted by Gasteiger charge is 2.38. The van der Waals surface area contributed by atoms with Gasteiger partial charge in [-0.05, 0) is 31.4 Å². The summed E-state index contributed by atoms with van der Waals surface area (Å²) in [6.45, 7) is 3.68. The highest BCUT2D eigenvalue weighted by molar-refractivity contribution is 5.94. The zero-order chi connectivity index (χ0) is 21.3. The summed E-state index contributed by atoms with van der Waals surface area (Å²) in [6, 6.07) is 17.2. The summed E-state index contributed by atoms with van der Waals surface area (Å²) < 4.78 is 4.77. The number of nitrogens with one attached hydrogen (secondary N) is 1. The van der Waals surface area contributed by atoms with Gasteiger partial charge in [0.05, 0.1) is 12.0 Å². The van der Waals surface area contributed by atoms with E-state index in [9.17, 15) is 19.5 Å². The fourth-order valence-electron chi connectivity index (χ4n) is 2.99. The van der Waals surface area contributed by atoms with Crippen LogP contribution in [0.15, 0.2) is 72.8 Å². The van der Waals surface area contributed by atoms with Crippen LogP contribution in [0.1, 0.15) is 31.4 Å². The Labute approximate surface area is 170 Å². The Hall–Kier alpha value is -3.41. The summed E-state index contributed by atoms with van der Waals surface area (Å²) in [6.07, 6.45) is 2.51. The lowest BCUT2D eigenvalue weighted by atomic mass is 9.75. The first-order chi connectivity index (χ1) is 13.9. The number of rotatable bonds is 9. The van der Waals surface area contributed by atoms with Crippen molar-refractivity contribution < 1.29 is 24.2 Å². The first-order valence-electron chi connectivity index (χ1n) is 9.37. The molecule has 0 aliphatic heterocycles. The van der Waals surface area contributed by atoms with Crippen LogP contribution >= 0.6 is 0 Å². The number of ether oxygens (including phenoxy) is 1. The summed E-state index contributed by atoms with van der Waals surface area (Å²) >= 11 is 0. The molecule has 0 saturated carbocycles. The van der Waals surface area contributed by atoms with Gasteiger partial charge < -0.3 is 15.2 Å². The summed E-state index contributed by atoms with van der Waals surface area (Å²) in [5.74, 6) is -2.18. The third kappa shape index (κ3) is 5.54. The molecule has 0 aliphatic rings. The van der Waals surface area contributed by atoms with E-state index in [-0.39, 0.29) is 13.0 Å². The molecule has 0 aromatic heterocycles. The van der Waals surface area contributed by atoms with Crippen molar-refractivity contribution in [1.82, 2.24) is 5.32 Å². The van der Waals surface area contributed by atoms with Crippen molar-refractivity contribution in [3.8, 4) is 0 Å². The van der Waals surface area contributed by atoms with E-state index in [0.29, 0.717) is 0 Å². The molecule has 0 saturated heterocycles. The van der Waals surface area contributed by atoms with E-state index >= 15 is 0 Å². The zero-order valence-corrected chi connectivity index (χ0v) is 16.5. The van der Waals surface area contributed by atoms with Crippen LogP contribution in [0.5, 0.6) is 0 Å². The van der Waals surface area contributed by atoms with Crippen LogP contribution in [0.25, 0.3) is 0 Å². The van der Waals surface area contributed by atoms with Gasteiger partial charge in [-0.25, -0.2) is 9.59 Å². The summed E-state index contributed by atoms with van der Waals surface area (Å²) in [5, 5.41) is 12.2. The molecule has 0 unspecified atom stereocenters. The molecule has 29 heavy (non-hydrogen) atoms. The predicted molar refractivity (Wildman–Crippen MR) is 109 cm³/mol. The number of carbonyl (C=O) groups excluding carboxylic acids is 2. The monoisotopic (exact) mass is 395 g/mol. The molecule has 0 bridgehead atoms. The Bertz CT molecular complexity index is 822. The van der Waals surface area contributed by atoms with Crippen LogP contribution in [0, 0.1) is 0 Å². The fourth-order valence-corrected chi connectivity index (χ4v) is 2.99. The third-order valence-corrected chi connectivity index (χ3v) is 4.67. The average Bonchev–Trinajstić information content (AvgIpc) is 2.73. The lowest BCUT2D eigenvalue weighted by Crippen LogP contribution is -2.49. The molecule has 0 fully saturated rings. The lowest BCUT2D eigenvalue weighted by Gasteiger charge is -2.31. The van der Waals surface area contributed by atoms with Gasteiger partial charge in [-0.1, -0.05) is 66.7 Å². The summed E-state index contributed by atoms with van der Waals surface area (Å²) in [5.41, 5.74) is 0.408. The number of amides is 1. The number of carboxylic acids is 1. The number of hydrogen-bond donors (Lipinski definition) is 2. The van der Waals surface area contributed by atoms with Gasteiger partial charge in [0, 0.05) is 6.08 Å². The van der Waals surface area contributed by atoms with Crippen LogP contribution in [0.2, 0.25) is 0 Å². The number of carbonyl (C=O) groups is 3. The number of carboxylic acid groups (broad SMARTS) is 1. The lowest BCUT2D eigenvalue weighted by molar-refractivity contribution is -0.142. The van der Waals surface area contributed by atoms with Crippen LogP contribution in [0.4, 0.5) is 0 Å². The maximum Gasteiger partial charge on any atom is 0.330 e. The molecule has 152 valence electrons.